The van der Waals surface area contributed by atoms with E-state index in [4.69, 9.17) is 0 Å². The number of benzene rings is 1. The number of rotatable bonds is 1. The monoisotopic (exact) mass is 376 g/mol. The number of allylic oxidation sites excluding steroid dienone is 1. The lowest BCUT2D eigenvalue weighted by Gasteiger charge is -2.59. The van der Waals surface area contributed by atoms with E-state index < -0.39 is 0 Å². The summed E-state index contributed by atoms with van der Waals surface area (Å²) in [5.41, 5.74) is 4.02. The number of ketones is 1. The van der Waals surface area contributed by atoms with Crippen molar-refractivity contribution in [2.45, 2.75) is 78.6 Å². The summed E-state index contributed by atoms with van der Waals surface area (Å²) < 4.78 is 0. The number of carbonyl (C=O) groups excluding carboxylic acids is 1. The molecule has 6 atom stereocenters. The van der Waals surface area contributed by atoms with Crippen LogP contribution in [-0.2, 0) is 4.79 Å². The van der Waals surface area contributed by atoms with Crippen molar-refractivity contribution in [1.29, 1.82) is 0 Å². The second-order valence-electron chi connectivity index (χ2n) is 11.0. The zero-order valence-electron chi connectivity index (χ0n) is 18.0. The van der Waals surface area contributed by atoms with Gasteiger partial charge in [-0.2, -0.15) is 0 Å². The Balaban J connectivity index is 1.45. The minimum atomic E-state index is -0.102. The molecule has 0 N–H and O–H groups in total. The summed E-state index contributed by atoms with van der Waals surface area (Å²) in [5.74, 6) is 3.62. The molecule has 0 saturated heterocycles. The second-order valence-corrected chi connectivity index (χ2v) is 11.0. The van der Waals surface area contributed by atoms with Gasteiger partial charge in [-0.15, -0.1) is 0 Å². The number of carbonyl (C=O) groups is 1. The van der Waals surface area contributed by atoms with Crippen molar-refractivity contribution in [2.75, 3.05) is 0 Å². The fraction of sp³-hybridized carbons (Fsp3) is 0.667. The van der Waals surface area contributed by atoms with Gasteiger partial charge in [-0.25, -0.2) is 0 Å². The highest BCUT2D eigenvalue weighted by Gasteiger charge is 2.60. The van der Waals surface area contributed by atoms with Crippen molar-refractivity contribution in [1.82, 2.24) is 0 Å². The first-order valence-corrected chi connectivity index (χ1v) is 11.7. The van der Waals surface area contributed by atoms with E-state index in [1.54, 1.807) is 0 Å². The average Bonchev–Trinajstić information content (AvgIpc) is 2.94. The smallest absolute Gasteiger partial charge is 0.165 e. The summed E-state index contributed by atoms with van der Waals surface area (Å²) in [6.45, 7) is 7.05. The van der Waals surface area contributed by atoms with Crippen molar-refractivity contribution in [3.05, 3.63) is 41.0 Å². The van der Waals surface area contributed by atoms with E-state index in [1.165, 1.54) is 56.1 Å². The van der Waals surface area contributed by atoms with E-state index in [0.717, 1.165) is 36.2 Å². The second kappa shape index (κ2) is 6.57. The van der Waals surface area contributed by atoms with Gasteiger partial charge in [0.15, 0.2) is 5.78 Å². The highest BCUT2D eigenvalue weighted by molar-refractivity contribution is 6.05. The maximum atomic E-state index is 13.5. The van der Waals surface area contributed by atoms with Crippen LogP contribution in [0.2, 0.25) is 0 Å². The topological polar surface area (TPSA) is 17.1 Å². The molecule has 0 aliphatic heterocycles. The minimum Gasteiger partial charge on any atom is -0.294 e. The van der Waals surface area contributed by atoms with Crippen molar-refractivity contribution < 1.29 is 4.79 Å². The Morgan fingerprint density at radius 2 is 1.71 bits per heavy atom. The van der Waals surface area contributed by atoms with Crippen molar-refractivity contribution in [3.8, 4) is 0 Å². The zero-order chi connectivity index (χ0) is 19.5. The fourth-order valence-electron chi connectivity index (χ4n) is 7.96. The molecule has 1 heteroatoms. The molecule has 0 unspecified atom stereocenters. The first-order valence-electron chi connectivity index (χ1n) is 11.7. The third-order valence-corrected chi connectivity index (χ3v) is 9.64. The summed E-state index contributed by atoms with van der Waals surface area (Å²) in [7, 11) is 0. The predicted octanol–water partition coefficient (Wildman–Crippen LogP) is 6.99. The van der Waals surface area contributed by atoms with Gasteiger partial charge in [0.05, 0.1) is 0 Å². The molecule has 4 saturated carbocycles. The molecule has 0 amide bonds. The summed E-state index contributed by atoms with van der Waals surface area (Å²) >= 11 is 0. The first kappa shape index (κ1) is 18.6. The molecule has 0 aromatic heterocycles. The number of hydrogen-bond donors (Lipinski definition) is 0. The van der Waals surface area contributed by atoms with Gasteiger partial charge >= 0.3 is 0 Å². The van der Waals surface area contributed by atoms with Crippen LogP contribution in [0.4, 0.5) is 0 Å². The van der Waals surface area contributed by atoms with Crippen molar-refractivity contribution in [2.24, 2.45) is 34.5 Å². The van der Waals surface area contributed by atoms with Crippen LogP contribution in [0.3, 0.4) is 0 Å². The minimum absolute atomic E-state index is 0.102. The average molecular weight is 377 g/mol. The molecule has 0 heterocycles. The van der Waals surface area contributed by atoms with Gasteiger partial charge in [0.25, 0.3) is 0 Å². The Kier molecular flexibility index (Phi) is 4.38. The Labute approximate surface area is 171 Å². The lowest BCUT2D eigenvalue weighted by Crippen LogP contribution is -2.52. The summed E-state index contributed by atoms with van der Waals surface area (Å²) in [6, 6.07) is 8.64. The van der Waals surface area contributed by atoms with Crippen LogP contribution >= 0.6 is 0 Å². The molecule has 1 aromatic carbocycles. The first-order chi connectivity index (χ1) is 13.4. The molecule has 0 bridgehead atoms. The maximum absolute atomic E-state index is 13.5. The van der Waals surface area contributed by atoms with Crippen LogP contribution < -0.4 is 0 Å². The molecule has 5 rings (SSSR count). The summed E-state index contributed by atoms with van der Waals surface area (Å²) in [5, 5.41) is 0. The van der Waals surface area contributed by atoms with E-state index in [9.17, 15) is 4.79 Å². The van der Waals surface area contributed by atoms with Crippen molar-refractivity contribution in [3.63, 3.8) is 0 Å². The molecule has 4 aliphatic rings. The lowest BCUT2D eigenvalue weighted by atomic mass is 9.45. The predicted molar refractivity (Wildman–Crippen MR) is 116 cm³/mol. The molecule has 0 radical (unpaired) electrons. The number of Topliss-reactive ketones (excluding diaryl/α,β-unsaturated/α-hetero) is 1. The van der Waals surface area contributed by atoms with Crippen LogP contribution in [0.5, 0.6) is 0 Å². The number of fused-ring (bicyclic) bond motifs is 5. The standard InChI is InChI=1S/C27H36O/c1-18-7-9-19(10-8-18)16-20-17-24-22-12-11-21-6-4-5-14-26(21,2)23(22)13-15-27(24,3)25(20)28/h7-10,16,21-24H,4-6,11-15,17H2,1-3H3/b20-16+/t21-,22-,23-,24+,26+,27+/m1/s1. The van der Waals surface area contributed by atoms with Gasteiger partial charge in [0.2, 0.25) is 0 Å². The molecule has 4 aliphatic carbocycles. The molecular formula is C27H36O. The fourth-order valence-corrected chi connectivity index (χ4v) is 7.96. The van der Waals surface area contributed by atoms with Crippen LogP contribution in [0.15, 0.2) is 29.8 Å². The highest BCUT2D eigenvalue weighted by atomic mass is 16.1. The Hall–Kier alpha value is -1.37. The van der Waals surface area contributed by atoms with E-state index in [1.807, 2.05) is 0 Å². The van der Waals surface area contributed by atoms with Crippen LogP contribution in [0, 0.1) is 41.4 Å². The van der Waals surface area contributed by atoms with Crippen LogP contribution in [-0.4, -0.2) is 5.78 Å². The van der Waals surface area contributed by atoms with Gasteiger partial charge in [-0.05, 0) is 98.2 Å². The third kappa shape index (κ3) is 2.68. The van der Waals surface area contributed by atoms with Crippen LogP contribution in [0.1, 0.15) is 82.8 Å². The normalized spacial score (nSPS) is 44.1. The SMILES string of the molecule is Cc1ccc(/C=C2\C[C@H]3[C@@H]4CC[C@H]5CCCC[C@]5(C)[C@@H]4CC[C@]3(C)C2=O)cc1. The van der Waals surface area contributed by atoms with Crippen molar-refractivity contribution >= 4 is 11.9 Å². The summed E-state index contributed by atoms with van der Waals surface area (Å²) in [4.78, 5) is 13.5. The van der Waals surface area contributed by atoms with E-state index in [-0.39, 0.29) is 5.41 Å². The maximum Gasteiger partial charge on any atom is 0.165 e. The molecular weight excluding hydrogens is 340 g/mol. The largest absolute Gasteiger partial charge is 0.294 e. The number of aryl methyl sites for hydroxylation is 1. The summed E-state index contributed by atoms with van der Waals surface area (Å²) in [6.07, 6.45) is 14.2. The molecule has 1 nitrogen and oxygen atoms in total. The Bertz CT molecular complexity index is 802. The molecule has 28 heavy (non-hydrogen) atoms. The molecule has 0 spiro atoms. The van der Waals surface area contributed by atoms with Gasteiger partial charge in [0, 0.05) is 5.41 Å². The Morgan fingerprint density at radius 1 is 0.929 bits per heavy atom. The van der Waals surface area contributed by atoms with Gasteiger partial charge in [-0.1, -0.05) is 56.5 Å². The van der Waals surface area contributed by atoms with E-state index >= 15 is 0 Å². The lowest BCUT2D eigenvalue weighted by molar-refractivity contribution is -0.137. The van der Waals surface area contributed by atoms with E-state index in [2.05, 4.69) is 51.1 Å². The quantitative estimate of drug-likeness (QED) is 0.483. The molecule has 4 fully saturated rings. The highest BCUT2D eigenvalue weighted by Crippen LogP contribution is 2.66. The Morgan fingerprint density at radius 3 is 2.50 bits per heavy atom. The van der Waals surface area contributed by atoms with Gasteiger partial charge in [-0.3, -0.25) is 4.79 Å². The molecule has 150 valence electrons. The van der Waals surface area contributed by atoms with Gasteiger partial charge in [0.1, 0.15) is 0 Å². The van der Waals surface area contributed by atoms with Crippen LogP contribution in [0.25, 0.3) is 6.08 Å². The van der Waals surface area contributed by atoms with E-state index in [0.29, 0.717) is 17.1 Å². The zero-order valence-corrected chi connectivity index (χ0v) is 18.0. The number of hydrogen-bond acceptors (Lipinski definition) is 1. The third-order valence-electron chi connectivity index (χ3n) is 9.64. The molecule has 1 aromatic rings. The van der Waals surface area contributed by atoms with Gasteiger partial charge < -0.3 is 0 Å².